The lowest BCUT2D eigenvalue weighted by Gasteiger charge is -2.23. The van der Waals surface area contributed by atoms with E-state index in [1.54, 1.807) is 0 Å². The molecule has 1 rings (SSSR count). The van der Waals surface area contributed by atoms with Gasteiger partial charge in [-0.25, -0.2) is 0 Å². The molecule has 0 aliphatic carbocycles. The number of carbonyl (C=O) groups is 1. The molecule has 0 heterocycles. The van der Waals surface area contributed by atoms with Gasteiger partial charge in [0.15, 0.2) is 0 Å². The summed E-state index contributed by atoms with van der Waals surface area (Å²) in [5, 5.41) is 0. The molecule has 1 aromatic carbocycles. The maximum Gasteiger partial charge on any atom is 0.120 e. The third-order valence-electron chi connectivity index (χ3n) is 2.58. The number of carbonyl (C=O) groups excluding carboxylic acids is 1. The Morgan fingerprint density at radius 3 is 2.21 bits per heavy atom. The van der Waals surface area contributed by atoms with E-state index in [9.17, 15) is 4.79 Å². The predicted molar refractivity (Wildman–Crippen MR) is 63.3 cm³/mol. The van der Waals surface area contributed by atoms with Crippen molar-refractivity contribution in [1.82, 2.24) is 0 Å². The first-order valence-electron chi connectivity index (χ1n) is 5.03. The largest absolute Gasteiger partial charge is 0.303 e. The number of aldehydes is 1. The molecule has 2 heteroatoms. The number of hydrogen-bond acceptors (Lipinski definition) is 1. The predicted octanol–water partition coefficient (Wildman–Crippen LogP) is 3.14. The van der Waals surface area contributed by atoms with E-state index < -0.39 is 8.07 Å². The first-order valence-corrected chi connectivity index (χ1v) is 8.61. The van der Waals surface area contributed by atoms with Gasteiger partial charge >= 0.3 is 0 Å². The van der Waals surface area contributed by atoms with Crippen LogP contribution in [0.2, 0.25) is 25.2 Å². The Morgan fingerprint density at radius 2 is 1.79 bits per heavy atom. The smallest absolute Gasteiger partial charge is 0.120 e. The van der Waals surface area contributed by atoms with Crippen LogP contribution in [0.3, 0.4) is 0 Å². The van der Waals surface area contributed by atoms with Gasteiger partial charge in [0.2, 0.25) is 0 Å². The van der Waals surface area contributed by atoms with Crippen LogP contribution in [0.4, 0.5) is 0 Å². The second kappa shape index (κ2) is 4.56. The third-order valence-corrected chi connectivity index (χ3v) is 5.14. The van der Waals surface area contributed by atoms with Gasteiger partial charge in [-0.1, -0.05) is 50.0 Å². The van der Waals surface area contributed by atoms with Crippen LogP contribution in [0.1, 0.15) is 5.56 Å². The average Bonchev–Trinajstić information content (AvgIpc) is 2.14. The van der Waals surface area contributed by atoms with Crippen molar-refractivity contribution in [3.63, 3.8) is 0 Å². The highest BCUT2D eigenvalue weighted by Gasteiger charge is 2.25. The molecule has 0 aliphatic heterocycles. The molecule has 0 spiro atoms. The molecule has 0 saturated heterocycles. The van der Waals surface area contributed by atoms with Crippen molar-refractivity contribution in [1.29, 1.82) is 0 Å². The van der Waals surface area contributed by atoms with Crippen LogP contribution in [0.5, 0.6) is 0 Å². The highest BCUT2D eigenvalue weighted by Crippen LogP contribution is 2.23. The molecule has 0 aliphatic rings. The van der Waals surface area contributed by atoms with Gasteiger partial charge in [0.1, 0.15) is 6.29 Å². The fraction of sp³-hybridized carbons (Fsp3) is 0.417. The highest BCUT2D eigenvalue weighted by atomic mass is 28.3. The summed E-state index contributed by atoms with van der Waals surface area (Å²) in [7, 11) is -1.34. The molecule has 1 unspecified atom stereocenters. The van der Waals surface area contributed by atoms with E-state index >= 15 is 0 Å². The van der Waals surface area contributed by atoms with Gasteiger partial charge in [0.25, 0.3) is 0 Å². The van der Waals surface area contributed by atoms with Crippen molar-refractivity contribution >= 4 is 14.4 Å². The van der Waals surface area contributed by atoms with Gasteiger partial charge < -0.3 is 4.79 Å². The number of hydrogen-bond donors (Lipinski definition) is 0. The van der Waals surface area contributed by atoms with E-state index in [0.717, 1.165) is 12.7 Å². The molecular weight excluding hydrogens is 188 g/mol. The van der Waals surface area contributed by atoms with E-state index in [-0.39, 0.29) is 5.54 Å². The van der Waals surface area contributed by atoms with Crippen LogP contribution in [0.15, 0.2) is 30.3 Å². The SMILES string of the molecule is C[Si](C)(C)C(C=O)Cc1ccccc1. The molecule has 0 N–H and O–H groups in total. The molecule has 0 fully saturated rings. The van der Waals surface area contributed by atoms with Gasteiger partial charge in [-0.3, -0.25) is 0 Å². The second-order valence-electron chi connectivity index (χ2n) is 4.80. The average molecular weight is 206 g/mol. The van der Waals surface area contributed by atoms with Gasteiger partial charge in [-0.05, 0) is 12.0 Å². The Hall–Kier alpha value is -0.893. The summed E-state index contributed by atoms with van der Waals surface area (Å²) in [6, 6.07) is 10.3. The zero-order valence-corrected chi connectivity index (χ0v) is 10.2. The van der Waals surface area contributed by atoms with Gasteiger partial charge in [0.05, 0.1) is 8.07 Å². The van der Waals surface area contributed by atoms with E-state index in [4.69, 9.17) is 0 Å². The molecule has 1 atom stereocenters. The lowest BCUT2D eigenvalue weighted by Crippen LogP contribution is -2.30. The molecule has 0 radical (unpaired) electrons. The minimum absolute atomic E-state index is 0.241. The zero-order valence-electron chi connectivity index (χ0n) is 9.16. The van der Waals surface area contributed by atoms with E-state index in [2.05, 4.69) is 31.8 Å². The molecule has 0 saturated carbocycles. The Kier molecular flexibility index (Phi) is 3.64. The Balaban J connectivity index is 2.72. The highest BCUT2D eigenvalue weighted by molar-refractivity contribution is 6.79. The minimum atomic E-state index is -1.34. The number of rotatable bonds is 4. The van der Waals surface area contributed by atoms with E-state index in [0.29, 0.717) is 0 Å². The topological polar surface area (TPSA) is 17.1 Å². The van der Waals surface area contributed by atoms with Crippen LogP contribution >= 0.6 is 0 Å². The van der Waals surface area contributed by atoms with Crippen molar-refractivity contribution < 1.29 is 4.79 Å². The molecule has 1 nitrogen and oxygen atoms in total. The van der Waals surface area contributed by atoms with Crippen molar-refractivity contribution in [2.45, 2.75) is 31.6 Å². The lowest BCUT2D eigenvalue weighted by atomic mass is 10.1. The maximum atomic E-state index is 11.0. The van der Waals surface area contributed by atoms with Crippen LogP contribution in [-0.4, -0.2) is 14.4 Å². The lowest BCUT2D eigenvalue weighted by molar-refractivity contribution is -0.107. The monoisotopic (exact) mass is 206 g/mol. The van der Waals surface area contributed by atoms with Gasteiger partial charge in [-0.15, -0.1) is 0 Å². The third kappa shape index (κ3) is 3.11. The summed E-state index contributed by atoms with van der Waals surface area (Å²) in [6.07, 6.45) is 2.04. The summed E-state index contributed by atoms with van der Waals surface area (Å²) >= 11 is 0. The van der Waals surface area contributed by atoms with Crippen LogP contribution in [0, 0.1) is 0 Å². The second-order valence-corrected chi connectivity index (χ2v) is 10.3. The van der Waals surface area contributed by atoms with Gasteiger partial charge in [-0.2, -0.15) is 0 Å². The van der Waals surface area contributed by atoms with Crippen molar-refractivity contribution in [3.05, 3.63) is 35.9 Å². The fourth-order valence-corrected chi connectivity index (χ4v) is 2.68. The summed E-state index contributed by atoms with van der Waals surface area (Å²) in [5.41, 5.74) is 1.51. The van der Waals surface area contributed by atoms with Crippen LogP contribution in [0.25, 0.3) is 0 Å². The normalized spacial score (nSPS) is 13.6. The van der Waals surface area contributed by atoms with Crippen LogP contribution < -0.4 is 0 Å². The van der Waals surface area contributed by atoms with Crippen molar-refractivity contribution in [2.75, 3.05) is 0 Å². The molecular formula is C12H18OSi. The van der Waals surface area contributed by atoms with E-state index in [1.807, 2.05) is 18.2 Å². The quantitative estimate of drug-likeness (QED) is 0.546. The minimum Gasteiger partial charge on any atom is -0.303 e. The summed E-state index contributed by atoms with van der Waals surface area (Å²) in [5.74, 6) is 0. The summed E-state index contributed by atoms with van der Waals surface area (Å²) < 4.78 is 0. The van der Waals surface area contributed by atoms with Crippen molar-refractivity contribution in [2.24, 2.45) is 0 Å². The maximum absolute atomic E-state index is 11.0. The summed E-state index contributed by atoms with van der Waals surface area (Å²) in [6.45, 7) is 6.74. The first kappa shape index (κ1) is 11.2. The van der Waals surface area contributed by atoms with Crippen molar-refractivity contribution in [3.8, 4) is 0 Å². The van der Waals surface area contributed by atoms with Crippen LogP contribution in [-0.2, 0) is 11.2 Å². The molecule has 0 amide bonds. The molecule has 1 aromatic rings. The Morgan fingerprint density at radius 1 is 1.21 bits per heavy atom. The zero-order chi connectivity index (χ0) is 10.6. The first-order chi connectivity index (χ1) is 6.54. The summed E-state index contributed by atoms with van der Waals surface area (Å²) in [4.78, 5) is 11.0. The molecule has 0 aromatic heterocycles. The standard InChI is InChI=1S/C12H18OSi/c1-14(2,3)12(10-13)9-11-7-5-4-6-8-11/h4-8,10,12H,9H2,1-3H3. The number of benzene rings is 1. The Bertz CT molecular complexity index is 287. The fourth-order valence-electron chi connectivity index (χ4n) is 1.43. The molecule has 0 bridgehead atoms. The molecule has 76 valence electrons. The van der Waals surface area contributed by atoms with E-state index in [1.165, 1.54) is 5.56 Å². The molecule has 14 heavy (non-hydrogen) atoms. The Labute approximate surface area is 87.2 Å². The van der Waals surface area contributed by atoms with Gasteiger partial charge in [0, 0.05) is 5.54 Å².